The molecule has 1 heterocycles. The van der Waals surface area contributed by atoms with E-state index in [0.29, 0.717) is 11.1 Å². The molecule has 3 aromatic rings. The Hall–Kier alpha value is -3.87. The summed E-state index contributed by atoms with van der Waals surface area (Å²) in [6.07, 6.45) is -0.562. The van der Waals surface area contributed by atoms with Crippen molar-refractivity contribution in [3.8, 4) is 0 Å². The average molecular weight is 492 g/mol. The Bertz CT molecular complexity index is 1390. The maximum atomic E-state index is 13.3. The van der Waals surface area contributed by atoms with Gasteiger partial charge < -0.3 is 5.11 Å². The second-order valence-electron chi connectivity index (χ2n) is 9.32. The number of alkyl halides is 3. The number of hydrogen-bond acceptors (Lipinski definition) is 3. The third-order valence-electron chi connectivity index (χ3n) is 6.90. The molecule has 1 aliphatic carbocycles. The molecule has 1 amide bonds. The largest absolute Gasteiger partial charge is 0.507 e. The number of carbonyl (C=O) groups is 2. The van der Waals surface area contributed by atoms with E-state index in [-0.39, 0.29) is 17.0 Å². The Morgan fingerprint density at radius 2 is 1.61 bits per heavy atom. The summed E-state index contributed by atoms with van der Waals surface area (Å²) < 4.78 is 39.4. The SMILES string of the molecule is Cc1cccc(C2/C(=C(/O)c3ccc4c(c3)CCCC4)C(=O)C(=O)N2c2ccc(C(F)(F)F)cc2)c1. The second-order valence-corrected chi connectivity index (χ2v) is 9.32. The summed E-state index contributed by atoms with van der Waals surface area (Å²) in [5.41, 5.74) is 3.41. The number of halogens is 3. The van der Waals surface area contributed by atoms with E-state index in [1.807, 2.05) is 25.1 Å². The normalized spacial score (nSPS) is 19.4. The van der Waals surface area contributed by atoms with Crippen molar-refractivity contribution in [1.82, 2.24) is 0 Å². The molecule has 1 N–H and O–H groups in total. The molecule has 1 atom stereocenters. The molecular weight excluding hydrogens is 467 g/mol. The van der Waals surface area contributed by atoms with Crippen LogP contribution in [-0.4, -0.2) is 16.8 Å². The fourth-order valence-corrected chi connectivity index (χ4v) is 5.10. The molecule has 0 spiro atoms. The summed E-state index contributed by atoms with van der Waals surface area (Å²) in [4.78, 5) is 27.7. The summed E-state index contributed by atoms with van der Waals surface area (Å²) in [7, 11) is 0. The van der Waals surface area contributed by atoms with Crippen molar-refractivity contribution in [2.24, 2.45) is 0 Å². The van der Waals surface area contributed by atoms with Gasteiger partial charge in [0.1, 0.15) is 5.76 Å². The van der Waals surface area contributed by atoms with E-state index in [2.05, 4.69) is 0 Å². The third-order valence-corrected chi connectivity index (χ3v) is 6.90. The predicted octanol–water partition coefficient (Wildman–Crippen LogP) is 6.52. The van der Waals surface area contributed by atoms with Crippen LogP contribution in [0.5, 0.6) is 0 Å². The molecule has 1 unspecified atom stereocenters. The molecule has 1 aliphatic heterocycles. The molecule has 36 heavy (non-hydrogen) atoms. The Morgan fingerprint density at radius 1 is 0.917 bits per heavy atom. The van der Waals surface area contributed by atoms with Gasteiger partial charge in [-0.3, -0.25) is 14.5 Å². The van der Waals surface area contributed by atoms with E-state index >= 15 is 0 Å². The van der Waals surface area contributed by atoms with Crippen LogP contribution in [0, 0.1) is 6.92 Å². The van der Waals surface area contributed by atoms with Gasteiger partial charge in [-0.25, -0.2) is 0 Å². The van der Waals surface area contributed by atoms with Crippen LogP contribution in [0.4, 0.5) is 18.9 Å². The predicted molar refractivity (Wildman–Crippen MR) is 130 cm³/mol. The molecule has 184 valence electrons. The number of carbonyl (C=O) groups excluding carboxylic acids is 2. The van der Waals surface area contributed by atoms with E-state index in [1.165, 1.54) is 22.6 Å². The van der Waals surface area contributed by atoms with Gasteiger partial charge in [0.05, 0.1) is 17.2 Å². The molecule has 0 bridgehead atoms. The number of benzene rings is 3. The van der Waals surface area contributed by atoms with Crippen LogP contribution in [-0.2, 0) is 28.6 Å². The van der Waals surface area contributed by atoms with Crippen LogP contribution in [0.3, 0.4) is 0 Å². The molecule has 2 aliphatic rings. The Balaban J connectivity index is 1.67. The van der Waals surface area contributed by atoms with Gasteiger partial charge in [0.2, 0.25) is 0 Å². The van der Waals surface area contributed by atoms with Gasteiger partial charge in [0, 0.05) is 11.3 Å². The summed E-state index contributed by atoms with van der Waals surface area (Å²) in [6.45, 7) is 1.86. The van der Waals surface area contributed by atoms with Gasteiger partial charge in [-0.2, -0.15) is 13.2 Å². The minimum atomic E-state index is -4.53. The van der Waals surface area contributed by atoms with Crippen LogP contribution in [0.25, 0.3) is 5.76 Å². The topological polar surface area (TPSA) is 57.6 Å². The van der Waals surface area contributed by atoms with E-state index in [1.54, 1.807) is 24.3 Å². The van der Waals surface area contributed by atoms with Crippen molar-refractivity contribution in [1.29, 1.82) is 0 Å². The molecule has 3 aromatic carbocycles. The highest BCUT2D eigenvalue weighted by Gasteiger charge is 2.47. The first-order valence-electron chi connectivity index (χ1n) is 11.8. The maximum Gasteiger partial charge on any atom is 0.416 e. The van der Waals surface area contributed by atoms with Crippen LogP contribution >= 0.6 is 0 Å². The highest BCUT2D eigenvalue weighted by molar-refractivity contribution is 6.51. The first-order chi connectivity index (χ1) is 17.1. The van der Waals surface area contributed by atoms with Gasteiger partial charge in [-0.05, 0) is 79.6 Å². The summed E-state index contributed by atoms with van der Waals surface area (Å²) in [5.74, 6) is -2.07. The van der Waals surface area contributed by atoms with Crippen LogP contribution in [0.1, 0.15) is 52.3 Å². The lowest BCUT2D eigenvalue weighted by Crippen LogP contribution is -2.29. The zero-order valence-corrected chi connectivity index (χ0v) is 19.6. The van der Waals surface area contributed by atoms with Crippen LogP contribution in [0.2, 0.25) is 0 Å². The Morgan fingerprint density at radius 3 is 2.28 bits per heavy atom. The van der Waals surface area contributed by atoms with Gasteiger partial charge in [0.25, 0.3) is 11.7 Å². The van der Waals surface area contributed by atoms with Crippen molar-refractivity contribution >= 4 is 23.1 Å². The fourth-order valence-electron chi connectivity index (χ4n) is 5.10. The number of aryl methyl sites for hydroxylation is 3. The lowest BCUT2D eigenvalue weighted by Gasteiger charge is -2.26. The molecule has 0 saturated carbocycles. The van der Waals surface area contributed by atoms with Crippen molar-refractivity contribution in [2.45, 2.75) is 44.8 Å². The van der Waals surface area contributed by atoms with Crippen molar-refractivity contribution in [2.75, 3.05) is 4.90 Å². The number of aliphatic hydroxyl groups excluding tert-OH is 1. The number of nitrogens with zero attached hydrogens (tertiary/aromatic N) is 1. The molecule has 0 aromatic heterocycles. The van der Waals surface area contributed by atoms with Gasteiger partial charge in [-0.1, -0.05) is 42.0 Å². The fraction of sp³-hybridized carbons (Fsp3) is 0.241. The monoisotopic (exact) mass is 491 g/mol. The maximum absolute atomic E-state index is 13.3. The smallest absolute Gasteiger partial charge is 0.416 e. The lowest BCUT2D eigenvalue weighted by atomic mass is 9.88. The lowest BCUT2D eigenvalue weighted by molar-refractivity contribution is -0.137. The van der Waals surface area contributed by atoms with E-state index < -0.39 is 29.5 Å². The van der Waals surface area contributed by atoms with Gasteiger partial charge in [-0.15, -0.1) is 0 Å². The summed E-state index contributed by atoms with van der Waals surface area (Å²) >= 11 is 0. The number of ketones is 1. The Kier molecular flexibility index (Phi) is 5.94. The minimum absolute atomic E-state index is 0.0822. The van der Waals surface area contributed by atoms with E-state index in [9.17, 15) is 27.9 Å². The number of rotatable bonds is 3. The average Bonchev–Trinajstić information content (AvgIpc) is 3.13. The molecule has 4 nitrogen and oxygen atoms in total. The highest BCUT2D eigenvalue weighted by Crippen LogP contribution is 2.43. The zero-order chi connectivity index (χ0) is 25.6. The first-order valence-corrected chi connectivity index (χ1v) is 11.8. The number of hydrogen-bond donors (Lipinski definition) is 1. The van der Waals surface area contributed by atoms with Crippen LogP contribution in [0.15, 0.2) is 72.3 Å². The number of anilines is 1. The first kappa shape index (κ1) is 23.9. The quantitative estimate of drug-likeness (QED) is 0.258. The summed E-state index contributed by atoms with van der Waals surface area (Å²) in [5, 5.41) is 11.4. The van der Waals surface area contributed by atoms with Crippen molar-refractivity contribution < 1.29 is 27.9 Å². The zero-order valence-electron chi connectivity index (χ0n) is 19.6. The van der Waals surface area contributed by atoms with Gasteiger partial charge >= 0.3 is 6.18 Å². The number of amides is 1. The number of aliphatic hydroxyl groups is 1. The standard InChI is InChI=1S/C29H24F3NO3/c1-17-5-4-8-20(15-17)25-24(26(34)21-10-9-18-6-2-3-7-19(18)16-21)27(35)28(36)33(25)23-13-11-22(12-14-23)29(30,31)32/h4-5,8-16,25,34H,2-3,6-7H2,1H3/b26-24-. The minimum Gasteiger partial charge on any atom is -0.507 e. The summed E-state index contributed by atoms with van der Waals surface area (Å²) in [6, 6.07) is 15.8. The molecule has 1 fully saturated rings. The molecule has 1 saturated heterocycles. The third kappa shape index (κ3) is 4.19. The second kappa shape index (κ2) is 8.97. The molecular formula is C29H24F3NO3. The van der Waals surface area contributed by atoms with Gasteiger partial charge in [0.15, 0.2) is 0 Å². The number of fused-ring (bicyclic) bond motifs is 1. The Labute approximate surface area is 206 Å². The van der Waals surface area contributed by atoms with Crippen molar-refractivity contribution in [3.63, 3.8) is 0 Å². The molecule has 7 heteroatoms. The number of Topliss-reactive ketones (excluding diaryl/α,β-unsaturated/α-hetero) is 1. The van der Waals surface area contributed by atoms with Crippen molar-refractivity contribution in [3.05, 3.63) is 106 Å². The van der Waals surface area contributed by atoms with E-state index in [0.717, 1.165) is 48.9 Å². The van der Waals surface area contributed by atoms with E-state index in [4.69, 9.17) is 0 Å². The highest BCUT2D eigenvalue weighted by atomic mass is 19.4. The molecule has 0 radical (unpaired) electrons. The molecule has 5 rings (SSSR count). The van der Waals surface area contributed by atoms with Crippen LogP contribution < -0.4 is 4.90 Å².